The van der Waals surface area contributed by atoms with E-state index in [0.29, 0.717) is 5.95 Å². The molecule has 0 unspecified atom stereocenters. The van der Waals surface area contributed by atoms with Crippen molar-refractivity contribution in [2.45, 2.75) is 19.8 Å². The summed E-state index contributed by atoms with van der Waals surface area (Å²) in [6, 6.07) is 1.82. The minimum absolute atomic E-state index is 0.432. The standard InChI is InChI=1S/C8H15N5/c1-2-3-5-10-7-4-6-11-8(12-7)13-9/h4,6H,2-3,5,9H2,1H3,(H2,10,11,12,13). The summed E-state index contributed by atoms with van der Waals surface area (Å²) >= 11 is 0. The van der Waals surface area contributed by atoms with Gasteiger partial charge in [0.05, 0.1) is 0 Å². The predicted molar refractivity (Wildman–Crippen MR) is 53.2 cm³/mol. The highest BCUT2D eigenvalue weighted by molar-refractivity contribution is 5.38. The highest BCUT2D eigenvalue weighted by Gasteiger charge is 1.95. The summed E-state index contributed by atoms with van der Waals surface area (Å²) in [7, 11) is 0. The molecule has 0 bridgehead atoms. The molecule has 0 aliphatic carbocycles. The molecular formula is C8H15N5. The van der Waals surface area contributed by atoms with E-state index in [4.69, 9.17) is 5.84 Å². The molecule has 5 nitrogen and oxygen atoms in total. The van der Waals surface area contributed by atoms with E-state index in [2.05, 4.69) is 27.6 Å². The number of anilines is 2. The van der Waals surface area contributed by atoms with Gasteiger partial charge in [0.2, 0.25) is 5.95 Å². The number of hydrazine groups is 1. The van der Waals surface area contributed by atoms with E-state index in [-0.39, 0.29) is 0 Å². The number of nitrogens with zero attached hydrogens (tertiary/aromatic N) is 2. The summed E-state index contributed by atoms with van der Waals surface area (Å²) < 4.78 is 0. The maximum atomic E-state index is 5.17. The number of rotatable bonds is 5. The van der Waals surface area contributed by atoms with Crippen molar-refractivity contribution >= 4 is 11.8 Å². The number of nitrogens with two attached hydrogens (primary N) is 1. The topological polar surface area (TPSA) is 75.9 Å². The van der Waals surface area contributed by atoms with Crippen LogP contribution in [0.5, 0.6) is 0 Å². The van der Waals surface area contributed by atoms with E-state index >= 15 is 0 Å². The van der Waals surface area contributed by atoms with E-state index in [1.165, 1.54) is 6.42 Å². The molecule has 0 spiro atoms. The van der Waals surface area contributed by atoms with Crippen LogP contribution in [0.2, 0.25) is 0 Å². The van der Waals surface area contributed by atoms with Gasteiger partial charge in [-0.1, -0.05) is 13.3 Å². The minimum Gasteiger partial charge on any atom is -0.370 e. The second-order valence-corrected chi connectivity index (χ2v) is 2.69. The van der Waals surface area contributed by atoms with Crippen LogP contribution < -0.4 is 16.6 Å². The molecule has 1 aromatic rings. The molecule has 0 aliphatic rings. The third-order valence-electron chi connectivity index (χ3n) is 1.62. The third-order valence-corrected chi connectivity index (χ3v) is 1.62. The lowest BCUT2D eigenvalue weighted by Crippen LogP contribution is -2.11. The molecule has 0 saturated carbocycles. The first-order valence-corrected chi connectivity index (χ1v) is 4.40. The van der Waals surface area contributed by atoms with Gasteiger partial charge in [0, 0.05) is 12.7 Å². The lowest BCUT2D eigenvalue weighted by molar-refractivity contribution is 0.830. The van der Waals surface area contributed by atoms with Gasteiger partial charge in [-0.25, -0.2) is 10.8 Å². The van der Waals surface area contributed by atoms with Gasteiger partial charge in [-0.3, -0.25) is 5.43 Å². The summed E-state index contributed by atoms with van der Waals surface area (Å²) in [6.45, 7) is 3.08. The van der Waals surface area contributed by atoms with E-state index in [1.54, 1.807) is 6.20 Å². The van der Waals surface area contributed by atoms with Crippen LogP contribution in [0.25, 0.3) is 0 Å². The van der Waals surface area contributed by atoms with Crippen molar-refractivity contribution in [3.8, 4) is 0 Å². The lowest BCUT2D eigenvalue weighted by Gasteiger charge is -2.04. The van der Waals surface area contributed by atoms with Crippen molar-refractivity contribution in [1.29, 1.82) is 0 Å². The Hall–Kier alpha value is -1.36. The Morgan fingerprint density at radius 2 is 2.38 bits per heavy atom. The largest absolute Gasteiger partial charge is 0.370 e. The molecule has 0 radical (unpaired) electrons. The first kappa shape index (κ1) is 9.73. The quantitative estimate of drug-likeness (QED) is 0.358. The van der Waals surface area contributed by atoms with Gasteiger partial charge in [-0.15, -0.1) is 0 Å². The Balaban J connectivity index is 2.46. The zero-order valence-corrected chi connectivity index (χ0v) is 7.75. The fraction of sp³-hybridized carbons (Fsp3) is 0.500. The number of nitrogen functional groups attached to an aromatic ring is 1. The minimum atomic E-state index is 0.432. The molecule has 0 fully saturated rings. The van der Waals surface area contributed by atoms with Gasteiger partial charge in [0.1, 0.15) is 5.82 Å². The Kier molecular flexibility index (Phi) is 3.98. The Bertz CT molecular complexity index is 250. The normalized spacial score (nSPS) is 9.69. The van der Waals surface area contributed by atoms with Crippen LogP contribution in [0.15, 0.2) is 12.3 Å². The van der Waals surface area contributed by atoms with Crippen LogP contribution in [0, 0.1) is 0 Å². The molecule has 0 atom stereocenters. The summed E-state index contributed by atoms with van der Waals surface area (Å²) in [6.07, 6.45) is 3.96. The van der Waals surface area contributed by atoms with Crippen molar-refractivity contribution < 1.29 is 0 Å². The molecule has 0 saturated heterocycles. The Labute approximate surface area is 77.7 Å². The number of hydrogen-bond donors (Lipinski definition) is 3. The van der Waals surface area contributed by atoms with Gasteiger partial charge < -0.3 is 5.32 Å². The third kappa shape index (κ3) is 3.25. The van der Waals surface area contributed by atoms with Crippen LogP contribution in [0.4, 0.5) is 11.8 Å². The van der Waals surface area contributed by atoms with E-state index < -0.39 is 0 Å². The Morgan fingerprint density at radius 1 is 1.54 bits per heavy atom. The zero-order chi connectivity index (χ0) is 9.52. The van der Waals surface area contributed by atoms with E-state index in [1.807, 2.05) is 6.07 Å². The maximum absolute atomic E-state index is 5.17. The van der Waals surface area contributed by atoms with E-state index in [9.17, 15) is 0 Å². The van der Waals surface area contributed by atoms with Gasteiger partial charge in [0.25, 0.3) is 0 Å². The van der Waals surface area contributed by atoms with Gasteiger partial charge in [0.15, 0.2) is 0 Å². The second kappa shape index (κ2) is 5.31. The number of unbranched alkanes of at least 4 members (excludes halogenated alkanes) is 1. The summed E-state index contributed by atoms with van der Waals surface area (Å²) in [4.78, 5) is 8.00. The molecule has 72 valence electrons. The van der Waals surface area contributed by atoms with Crippen LogP contribution in [-0.4, -0.2) is 16.5 Å². The number of nitrogens with one attached hydrogen (secondary N) is 2. The first-order chi connectivity index (χ1) is 6.36. The lowest BCUT2D eigenvalue weighted by atomic mass is 10.3. The molecule has 1 rings (SSSR count). The van der Waals surface area contributed by atoms with Crippen molar-refractivity contribution in [3.05, 3.63) is 12.3 Å². The summed E-state index contributed by atoms with van der Waals surface area (Å²) in [5, 5.41) is 3.17. The molecule has 1 aromatic heterocycles. The van der Waals surface area contributed by atoms with Crippen LogP contribution in [0.1, 0.15) is 19.8 Å². The fourth-order valence-electron chi connectivity index (χ4n) is 0.920. The number of hydrogen-bond acceptors (Lipinski definition) is 5. The summed E-state index contributed by atoms with van der Waals surface area (Å²) in [5.74, 6) is 6.40. The van der Waals surface area contributed by atoms with Crippen molar-refractivity contribution in [3.63, 3.8) is 0 Å². The average molecular weight is 181 g/mol. The highest BCUT2D eigenvalue weighted by atomic mass is 15.3. The molecule has 1 heterocycles. The SMILES string of the molecule is CCCCNc1ccnc(NN)n1. The monoisotopic (exact) mass is 181 g/mol. The van der Waals surface area contributed by atoms with Gasteiger partial charge >= 0.3 is 0 Å². The first-order valence-electron chi connectivity index (χ1n) is 4.40. The molecule has 0 amide bonds. The Morgan fingerprint density at radius 3 is 3.08 bits per heavy atom. The molecule has 4 N–H and O–H groups in total. The van der Waals surface area contributed by atoms with Crippen molar-refractivity contribution in [2.75, 3.05) is 17.3 Å². The fourth-order valence-corrected chi connectivity index (χ4v) is 0.920. The number of aromatic nitrogens is 2. The van der Waals surface area contributed by atoms with Gasteiger partial charge in [-0.2, -0.15) is 4.98 Å². The average Bonchev–Trinajstić information content (AvgIpc) is 2.19. The second-order valence-electron chi connectivity index (χ2n) is 2.69. The summed E-state index contributed by atoms with van der Waals surface area (Å²) in [5.41, 5.74) is 2.40. The van der Waals surface area contributed by atoms with Crippen LogP contribution >= 0.6 is 0 Å². The molecule has 5 heteroatoms. The van der Waals surface area contributed by atoms with Crippen molar-refractivity contribution in [2.24, 2.45) is 5.84 Å². The van der Waals surface area contributed by atoms with Crippen LogP contribution in [0.3, 0.4) is 0 Å². The molecule has 13 heavy (non-hydrogen) atoms. The maximum Gasteiger partial charge on any atom is 0.239 e. The van der Waals surface area contributed by atoms with Crippen LogP contribution in [-0.2, 0) is 0 Å². The zero-order valence-electron chi connectivity index (χ0n) is 7.75. The van der Waals surface area contributed by atoms with Crippen molar-refractivity contribution in [1.82, 2.24) is 9.97 Å². The molecule has 0 aromatic carbocycles. The van der Waals surface area contributed by atoms with Gasteiger partial charge in [-0.05, 0) is 12.5 Å². The highest BCUT2D eigenvalue weighted by Crippen LogP contribution is 2.04. The van der Waals surface area contributed by atoms with E-state index in [0.717, 1.165) is 18.8 Å². The predicted octanol–water partition coefficient (Wildman–Crippen LogP) is 0.974. The molecule has 0 aliphatic heterocycles. The smallest absolute Gasteiger partial charge is 0.239 e. The molecular weight excluding hydrogens is 166 g/mol.